The lowest BCUT2D eigenvalue weighted by molar-refractivity contribution is -0.149. The van der Waals surface area contributed by atoms with Crippen molar-refractivity contribution in [1.29, 1.82) is 0 Å². The van der Waals surface area contributed by atoms with E-state index in [0.717, 1.165) is 0 Å². The molecule has 0 rings (SSSR count). The molecule has 0 radical (unpaired) electrons. The Morgan fingerprint density at radius 1 is 1.07 bits per heavy atom. The zero-order valence-electron chi connectivity index (χ0n) is 8.23. The Morgan fingerprint density at radius 3 is 1.93 bits per heavy atom. The number of carbonyl (C=O) groups excluding carboxylic acids is 2. The number of carboxylic acid groups (broad SMARTS) is 2. The maximum atomic E-state index is 11.1. The van der Waals surface area contributed by atoms with Gasteiger partial charge < -0.3 is 10.2 Å². The minimum atomic E-state index is -1.34. The Balaban J connectivity index is 4.28. The van der Waals surface area contributed by atoms with Crippen LogP contribution in [0.15, 0.2) is 0 Å². The summed E-state index contributed by atoms with van der Waals surface area (Å²) in [6.45, 7) is 1.21. The molecule has 6 heteroatoms. The van der Waals surface area contributed by atoms with Crippen LogP contribution in [0.1, 0.15) is 26.2 Å². The first-order chi connectivity index (χ1) is 6.82. The maximum Gasteiger partial charge on any atom is 0.307 e. The third-order valence-electron chi connectivity index (χ3n) is 1.69. The van der Waals surface area contributed by atoms with Gasteiger partial charge in [0.2, 0.25) is 0 Å². The first-order valence-corrected chi connectivity index (χ1v) is 4.28. The molecule has 0 saturated carbocycles. The molecular formula is C9H12O6. The monoisotopic (exact) mass is 216 g/mol. The van der Waals surface area contributed by atoms with E-state index in [9.17, 15) is 19.2 Å². The van der Waals surface area contributed by atoms with Gasteiger partial charge in [-0.1, -0.05) is 0 Å². The molecule has 15 heavy (non-hydrogen) atoms. The summed E-state index contributed by atoms with van der Waals surface area (Å²) in [6, 6.07) is 0. The molecule has 0 aromatic heterocycles. The van der Waals surface area contributed by atoms with Crippen molar-refractivity contribution in [1.82, 2.24) is 0 Å². The summed E-state index contributed by atoms with van der Waals surface area (Å²) >= 11 is 0. The van der Waals surface area contributed by atoms with Crippen LogP contribution in [0.4, 0.5) is 0 Å². The van der Waals surface area contributed by atoms with Crippen LogP contribution in [-0.2, 0) is 19.2 Å². The second-order valence-electron chi connectivity index (χ2n) is 3.25. The lowest BCUT2D eigenvalue weighted by Crippen LogP contribution is -2.22. The van der Waals surface area contributed by atoms with Gasteiger partial charge in [0.15, 0.2) is 0 Å². The van der Waals surface area contributed by atoms with E-state index in [-0.39, 0.29) is 12.2 Å². The van der Waals surface area contributed by atoms with Crippen molar-refractivity contribution < 1.29 is 29.4 Å². The molecule has 6 nitrogen and oxygen atoms in total. The number of aliphatic carboxylic acids is 2. The van der Waals surface area contributed by atoms with Crippen LogP contribution in [0.2, 0.25) is 0 Å². The molecule has 84 valence electrons. The second-order valence-corrected chi connectivity index (χ2v) is 3.25. The number of ketones is 2. The van der Waals surface area contributed by atoms with E-state index in [1.165, 1.54) is 6.92 Å². The fourth-order valence-electron chi connectivity index (χ4n) is 1.08. The molecular weight excluding hydrogens is 204 g/mol. The third kappa shape index (κ3) is 6.36. The topological polar surface area (TPSA) is 109 Å². The average Bonchev–Trinajstić information content (AvgIpc) is 1.99. The van der Waals surface area contributed by atoms with E-state index in [1.54, 1.807) is 0 Å². The molecule has 0 saturated heterocycles. The second kappa shape index (κ2) is 5.90. The standard InChI is InChI=1S/C9H12O6/c1-5(10)2-7(11)3-6(9(14)15)4-8(12)13/h6H,2-4H2,1H3,(H,12,13)(H,14,15). The van der Waals surface area contributed by atoms with Crippen molar-refractivity contribution in [2.45, 2.75) is 26.2 Å². The summed E-state index contributed by atoms with van der Waals surface area (Å²) in [7, 11) is 0. The zero-order chi connectivity index (χ0) is 12.0. The maximum absolute atomic E-state index is 11.1. The van der Waals surface area contributed by atoms with Gasteiger partial charge >= 0.3 is 11.9 Å². The summed E-state index contributed by atoms with van der Waals surface area (Å²) in [6.07, 6.45) is -1.37. The van der Waals surface area contributed by atoms with E-state index in [4.69, 9.17) is 10.2 Å². The number of carbonyl (C=O) groups is 4. The molecule has 0 spiro atoms. The molecule has 0 fully saturated rings. The van der Waals surface area contributed by atoms with Crippen LogP contribution in [-0.4, -0.2) is 33.7 Å². The van der Waals surface area contributed by atoms with E-state index >= 15 is 0 Å². The van der Waals surface area contributed by atoms with Crippen molar-refractivity contribution in [3.8, 4) is 0 Å². The molecule has 0 aromatic carbocycles. The summed E-state index contributed by atoms with van der Waals surface area (Å²) in [4.78, 5) is 42.4. The largest absolute Gasteiger partial charge is 0.481 e. The molecule has 0 heterocycles. The summed E-state index contributed by atoms with van der Waals surface area (Å²) in [5.74, 6) is -4.78. The van der Waals surface area contributed by atoms with Gasteiger partial charge in [0.1, 0.15) is 11.6 Å². The van der Waals surface area contributed by atoms with E-state index < -0.39 is 36.5 Å². The van der Waals surface area contributed by atoms with Crippen LogP contribution in [0.5, 0.6) is 0 Å². The van der Waals surface area contributed by atoms with Crippen molar-refractivity contribution >= 4 is 23.5 Å². The molecule has 2 N–H and O–H groups in total. The fraction of sp³-hybridized carbons (Fsp3) is 0.556. The highest BCUT2D eigenvalue weighted by Gasteiger charge is 2.24. The molecule has 0 aliphatic carbocycles. The Bertz CT molecular complexity index is 293. The Morgan fingerprint density at radius 2 is 1.60 bits per heavy atom. The summed E-state index contributed by atoms with van der Waals surface area (Å²) < 4.78 is 0. The van der Waals surface area contributed by atoms with Crippen molar-refractivity contribution in [3.63, 3.8) is 0 Å². The van der Waals surface area contributed by atoms with E-state index in [0.29, 0.717) is 0 Å². The lowest BCUT2D eigenvalue weighted by atomic mass is 9.97. The summed E-state index contributed by atoms with van der Waals surface area (Å²) in [5, 5.41) is 17.0. The summed E-state index contributed by atoms with van der Waals surface area (Å²) in [5.41, 5.74) is 0. The number of Topliss-reactive ketones (excluding diaryl/α,β-unsaturated/α-hetero) is 2. The number of carboxylic acids is 2. The molecule has 0 aromatic rings. The Kier molecular flexibility index (Phi) is 5.22. The van der Waals surface area contributed by atoms with Gasteiger partial charge in [-0.3, -0.25) is 19.2 Å². The minimum absolute atomic E-state index is 0.344. The van der Waals surface area contributed by atoms with E-state index in [2.05, 4.69) is 0 Å². The normalized spacial score (nSPS) is 11.8. The van der Waals surface area contributed by atoms with Crippen molar-refractivity contribution in [3.05, 3.63) is 0 Å². The van der Waals surface area contributed by atoms with Gasteiger partial charge in [-0.05, 0) is 6.92 Å². The highest BCUT2D eigenvalue weighted by molar-refractivity contribution is 5.99. The molecule has 0 bridgehead atoms. The fourth-order valence-corrected chi connectivity index (χ4v) is 1.08. The minimum Gasteiger partial charge on any atom is -0.481 e. The molecule has 1 atom stereocenters. The average molecular weight is 216 g/mol. The number of hydrogen-bond donors (Lipinski definition) is 2. The number of hydrogen-bond acceptors (Lipinski definition) is 4. The smallest absolute Gasteiger partial charge is 0.307 e. The Labute approximate surface area is 85.9 Å². The van der Waals surface area contributed by atoms with Crippen LogP contribution in [0, 0.1) is 5.92 Å². The van der Waals surface area contributed by atoms with E-state index in [1.807, 2.05) is 0 Å². The van der Waals surface area contributed by atoms with Crippen LogP contribution in [0.3, 0.4) is 0 Å². The first kappa shape index (κ1) is 13.3. The highest BCUT2D eigenvalue weighted by Crippen LogP contribution is 2.11. The van der Waals surface area contributed by atoms with Gasteiger partial charge in [-0.15, -0.1) is 0 Å². The van der Waals surface area contributed by atoms with Gasteiger partial charge in [-0.2, -0.15) is 0 Å². The highest BCUT2D eigenvalue weighted by atomic mass is 16.4. The van der Waals surface area contributed by atoms with Crippen molar-refractivity contribution in [2.24, 2.45) is 5.92 Å². The predicted molar refractivity (Wildman–Crippen MR) is 48.3 cm³/mol. The molecule has 1 unspecified atom stereocenters. The lowest BCUT2D eigenvalue weighted by Gasteiger charge is -2.07. The van der Waals surface area contributed by atoms with Gasteiger partial charge in [-0.25, -0.2) is 0 Å². The SMILES string of the molecule is CC(=O)CC(=O)CC(CC(=O)O)C(=O)O. The molecule has 0 aliphatic rings. The third-order valence-corrected chi connectivity index (χ3v) is 1.69. The van der Waals surface area contributed by atoms with Gasteiger partial charge in [0.05, 0.1) is 18.8 Å². The van der Waals surface area contributed by atoms with Crippen LogP contribution < -0.4 is 0 Å². The quantitative estimate of drug-likeness (QED) is 0.584. The zero-order valence-corrected chi connectivity index (χ0v) is 8.23. The number of rotatable bonds is 7. The van der Waals surface area contributed by atoms with Crippen molar-refractivity contribution in [2.75, 3.05) is 0 Å². The Hall–Kier alpha value is -1.72. The predicted octanol–water partition coefficient (Wildman–Crippen LogP) is 0.100. The van der Waals surface area contributed by atoms with Crippen LogP contribution >= 0.6 is 0 Å². The first-order valence-electron chi connectivity index (χ1n) is 4.28. The molecule has 0 aliphatic heterocycles. The van der Waals surface area contributed by atoms with Crippen LogP contribution in [0.25, 0.3) is 0 Å². The molecule has 0 amide bonds. The van der Waals surface area contributed by atoms with Gasteiger partial charge in [0, 0.05) is 6.42 Å². The van der Waals surface area contributed by atoms with Gasteiger partial charge in [0.25, 0.3) is 0 Å².